The van der Waals surface area contributed by atoms with E-state index < -0.39 is 24.5 Å². The van der Waals surface area contributed by atoms with Crippen molar-refractivity contribution in [3.05, 3.63) is 28.8 Å². The number of aromatic nitrogens is 1. The first kappa shape index (κ1) is 11.3. The quantitative estimate of drug-likeness (QED) is 0.633. The number of aliphatic hydroxyl groups is 1. The predicted molar refractivity (Wildman–Crippen MR) is 44.6 cm³/mol. The average molecular weight is 226 g/mol. The van der Waals surface area contributed by atoms with Gasteiger partial charge in [0.25, 0.3) is 6.43 Å². The molecule has 1 aromatic rings. The molecule has 0 atom stereocenters. The van der Waals surface area contributed by atoms with Gasteiger partial charge >= 0.3 is 0 Å². The SMILES string of the molecule is OCc1cc(C(F)F)c(CCl)nc1F. The van der Waals surface area contributed by atoms with E-state index in [1.807, 2.05) is 0 Å². The van der Waals surface area contributed by atoms with Gasteiger partial charge in [0.05, 0.1) is 18.2 Å². The molecule has 0 saturated carbocycles. The highest BCUT2D eigenvalue weighted by molar-refractivity contribution is 6.17. The van der Waals surface area contributed by atoms with Crippen LogP contribution in [0.3, 0.4) is 0 Å². The summed E-state index contributed by atoms with van der Waals surface area (Å²) in [5.74, 6) is -1.25. The maximum absolute atomic E-state index is 12.9. The minimum absolute atomic E-state index is 0.198. The lowest BCUT2D eigenvalue weighted by molar-refractivity contribution is 0.149. The van der Waals surface area contributed by atoms with Gasteiger partial charge in [-0.25, -0.2) is 13.8 Å². The number of hydrogen-bond donors (Lipinski definition) is 1. The van der Waals surface area contributed by atoms with Gasteiger partial charge in [-0.15, -0.1) is 11.6 Å². The molecule has 0 fully saturated rings. The van der Waals surface area contributed by atoms with Crippen molar-refractivity contribution in [3.8, 4) is 0 Å². The lowest BCUT2D eigenvalue weighted by atomic mass is 10.1. The molecule has 14 heavy (non-hydrogen) atoms. The fourth-order valence-corrected chi connectivity index (χ4v) is 1.21. The minimum atomic E-state index is -2.78. The van der Waals surface area contributed by atoms with Crippen molar-refractivity contribution in [1.29, 1.82) is 0 Å². The lowest BCUT2D eigenvalue weighted by Gasteiger charge is -2.07. The molecule has 1 aromatic heterocycles. The Morgan fingerprint density at radius 2 is 2.14 bits per heavy atom. The van der Waals surface area contributed by atoms with Crippen LogP contribution >= 0.6 is 11.6 Å². The number of aliphatic hydroxyl groups excluding tert-OH is 1. The first-order valence-corrected chi connectivity index (χ1v) is 4.26. The van der Waals surface area contributed by atoms with Crippen LogP contribution in [0.4, 0.5) is 13.2 Å². The zero-order chi connectivity index (χ0) is 10.7. The van der Waals surface area contributed by atoms with E-state index in [2.05, 4.69) is 4.98 Å². The van der Waals surface area contributed by atoms with Crippen LogP contribution in [0.15, 0.2) is 6.07 Å². The molecule has 0 bridgehead atoms. The highest BCUT2D eigenvalue weighted by atomic mass is 35.5. The standard InChI is InChI=1S/C8H7ClF3NO/c9-2-6-5(7(10)11)1-4(3-14)8(12)13-6/h1,7,14H,2-3H2. The van der Waals surface area contributed by atoms with Gasteiger partial charge in [0.15, 0.2) is 0 Å². The third-order valence-electron chi connectivity index (χ3n) is 1.69. The maximum Gasteiger partial charge on any atom is 0.265 e. The molecular weight excluding hydrogens is 219 g/mol. The molecule has 0 aliphatic carbocycles. The van der Waals surface area contributed by atoms with Crippen LogP contribution in [0.2, 0.25) is 0 Å². The van der Waals surface area contributed by atoms with E-state index >= 15 is 0 Å². The predicted octanol–water partition coefficient (Wildman–Crippen LogP) is 2.39. The molecule has 2 nitrogen and oxygen atoms in total. The Morgan fingerprint density at radius 3 is 2.57 bits per heavy atom. The van der Waals surface area contributed by atoms with E-state index in [0.29, 0.717) is 0 Å². The smallest absolute Gasteiger partial charge is 0.265 e. The summed E-state index contributed by atoms with van der Waals surface area (Å²) < 4.78 is 37.6. The molecule has 0 aliphatic rings. The van der Waals surface area contributed by atoms with Crippen LogP contribution in [0.25, 0.3) is 0 Å². The van der Waals surface area contributed by atoms with E-state index in [-0.39, 0.29) is 17.1 Å². The third kappa shape index (κ3) is 2.16. The van der Waals surface area contributed by atoms with E-state index in [9.17, 15) is 13.2 Å². The van der Waals surface area contributed by atoms with Crippen molar-refractivity contribution < 1.29 is 18.3 Å². The van der Waals surface area contributed by atoms with Gasteiger partial charge in [-0.1, -0.05) is 0 Å². The Balaban J connectivity index is 3.25. The van der Waals surface area contributed by atoms with Crippen LogP contribution in [-0.2, 0) is 12.5 Å². The summed E-state index contributed by atoms with van der Waals surface area (Å²) in [4.78, 5) is 3.25. The molecule has 0 spiro atoms. The third-order valence-corrected chi connectivity index (χ3v) is 1.95. The molecule has 1 N–H and O–H groups in total. The fourth-order valence-electron chi connectivity index (χ4n) is 0.992. The minimum Gasteiger partial charge on any atom is -0.392 e. The number of halogens is 4. The highest BCUT2D eigenvalue weighted by Gasteiger charge is 2.17. The van der Waals surface area contributed by atoms with Crippen molar-refractivity contribution in [2.75, 3.05) is 0 Å². The second-order valence-electron chi connectivity index (χ2n) is 2.57. The molecule has 78 valence electrons. The molecule has 1 rings (SSSR count). The number of hydrogen-bond acceptors (Lipinski definition) is 2. The fraction of sp³-hybridized carbons (Fsp3) is 0.375. The molecule has 1 heterocycles. The summed E-state index contributed by atoms with van der Waals surface area (Å²) in [6, 6.07) is 0.880. The van der Waals surface area contributed by atoms with Gasteiger partial charge in [-0.3, -0.25) is 0 Å². The van der Waals surface area contributed by atoms with Gasteiger partial charge in [0.1, 0.15) is 0 Å². The zero-order valence-corrected chi connectivity index (χ0v) is 7.73. The van der Waals surface area contributed by atoms with Crippen molar-refractivity contribution >= 4 is 11.6 Å². The number of nitrogens with zero attached hydrogens (tertiary/aromatic N) is 1. The Labute approximate surface area is 83.3 Å². The van der Waals surface area contributed by atoms with Crippen molar-refractivity contribution in [2.24, 2.45) is 0 Å². The van der Waals surface area contributed by atoms with Crippen molar-refractivity contribution in [3.63, 3.8) is 0 Å². The zero-order valence-electron chi connectivity index (χ0n) is 6.98. The Bertz CT molecular complexity index is 333. The summed E-state index contributed by atoms with van der Waals surface area (Å²) in [7, 11) is 0. The maximum atomic E-state index is 12.9. The van der Waals surface area contributed by atoms with Gasteiger partial charge < -0.3 is 5.11 Å². The normalized spacial score (nSPS) is 11.0. The number of alkyl halides is 3. The van der Waals surface area contributed by atoms with Crippen LogP contribution in [0.1, 0.15) is 23.2 Å². The van der Waals surface area contributed by atoms with E-state index in [4.69, 9.17) is 16.7 Å². The Hall–Kier alpha value is -0.810. The molecule has 0 aliphatic heterocycles. The highest BCUT2D eigenvalue weighted by Crippen LogP contribution is 2.25. The monoisotopic (exact) mass is 225 g/mol. The molecule has 0 radical (unpaired) electrons. The number of rotatable bonds is 3. The molecular formula is C8H7ClF3NO. The summed E-state index contributed by atoms with van der Waals surface area (Å²) >= 11 is 5.32. The Kier molecular flexibility index (Phi) is 3.71. The second-order valence-corrected chi connectivity index (χ2v) is 2.83. The molecule has 0 saturated heterocycles. The molecule has 0 unspecified atom stereocenters. The van der Waals surface area contributed by atoms with E-state index in [1.165, 1.54) is 0 Å². The summed E-state index contributed by atoms with van der Waals surface area (Å²) in [5.41, 5.74) is -0.893. The van der Waals surface area contributed by atoms with E-state index in [0.717, 1.165) is 6.07 Å². The van der Waals surface area contributed by atoms with Crippen molar-refractivity contribution in [1.82, 2.24) is 4.98 Å². The molecule has 0 aromatic carbocycles. The first-order valence-electron chi connectivity index (χ1n) is 3.73. The Morgan fingerprint density at radius 1 is 1.50 bits per heavy atom. The average Bonchev–Trinajstić information content (AvgIpc) is 2.16. The lowest BCUT2D eigenvalue weighted by Crippen LogP contribution is -2.03. The van der Waals surface area contributed by atoms with Gasteiger partial charge in [-0.05, 0) is 6.07 Å². The van der Waals surface area contributed by atoms with Crippen LogP contribution < -0.4 is 0 Å². The van der Waals surface area contributed by atoms with E-state index in [1.54, 1.807) is 0 Å². The largest absolute Gasteiger partial charge is 0.392 e. The summed E-state index contributed by atoms with van der Waals surface area (Å²) in [6.45, 7) is -0.666. The van der Waals surface area contributed by atoms with Crippen LogP contribution in [0.5, 0.6) is 0 Å². The molecule has 0 amide bonds. The molecule has 6 heteroatoms. The summed E-state index contributed by atoms with van der Waals surface area (Å²) in [6.07, 6.45) is -2.78. The summed E-state index contributed by atoms with van der Waals surface area (Å²) in [5, 5.41) is 8.63. The van der Waals surface area contributed by atoms with Gasteiger partial charge in [0, 0.05) is 11.1 Å². The topological polar surface area (TPSA) is 33.1 Å². The first-order chi connectivity index (χ1) is 6.60. The van der Waals surface area contributed by atoms with Gasteiger partial charge in [-0.2, -0.15) is 4.39 Å². The second kappa shape index (κ2) is 4.61. The van der Waals surface area contributed by atoms with Crippen LogP contribution in [-0.4, -0.2) is 10.1 Å². The number of pyridine rings is 1. The van der Waals surface area contributed by atoms with Crippen molar-refractivity contribution in [2.45, 2.75) is 18.9 Å². The van der Waals surface area contributed by atoms with Crippen LogP contribution in [0, 0.1) is 5.95 Å². The van der Waals surface area contributed by atoms with Gasteiger partial charge in [0.2, 0.25) is 5.95 Å².